The third-order valence-corrected chi connectivity index (χ3v) is 31.6. The number of benzene rings is 20. The summed E-state index contributed by atoms with van der Waals surface area (Å²) in [5, 5.41) is 10.1. The largest absolute Gasteiger partial charge is 0.366 e. The molecule has 6 aliphatic rings. The Morgan fingerprint density at radius 3 is 0.871 bits per heavy atom. The normalized spacial score (nSPS) is 18.6. The number of nitrogens with zero attached hydrogens (tertiary/aromatic N) is 4. The van der Waals surface area contributed by atoms with Gasteiger partial charge in [0.05, 0.1) is 11.0 Å². The molecule has 1 aromatic heterocycles. The van der Waals surface area contributed by atoms with Crippen molar-refractivity contribution < 1.29 is 0 Å². The fraction of sp³-hybridized carbons (Fsp3) is 0.162. The second kappa shape index (κ2) is 39.1. The molecule has 0 amide bonds. The number of fused-ring (bicyclic) bond motifs is 6. The van der Waals surface area contributed by atoms with Crippen LogP contribution in [0.15, 0.2) is 491 Å². The van der Waals surface area contributed by atoms with Gasteiger partial charge in [-0.25, -0.2) is 0 Å². The van der Waals surface area contributed by atoms with E-state index in [0.717, 1.165) is 40.5 Å². The van der Waals surface area contributed by atoms with Gasteiger partial charge in [-0.1, -0.05) is 358 Å². The predicted molar refractivity (Wildman–Crippen MR) is 594 cm³/mol. The molecular formula is C136H116N4. The third kappa shape index (κ3) is 17.8. The first-order valence-electron chi connectivity index (χ1n) is 51.2. The Kier molecular flexibility index (Phi) is 24.3. The molecule has 0 unspecified atom stereocenters. The van der Waals surface area contributed by atoms with Gasteiger partial charge in [0.1, 0.15) is 0 Å². The zero-order chi connectivity index (χ0) is 93.1. The molecule has 6 aliphatic carbocycles. The van der Waals surface area contributed by atoms with E-state index in [1.807, 2.05) is 0 Å². The van der Waals surface area contributed by atoms with E-state index in [2.05, 4.69) is 511 Å². The summed E-state index contributed by atoms with van der Waals surface area (Å²) >= 11 is 0. The Balaban J connectivity index is 0.000000115. The van der Waals surface area contributed by atoms with Crippen LogP contribution >= 0.6 is 0 Å². The maximum atomic E-state index is 2.88. The molecule has 27 rings (SSSR count). The molecule has 6 saturated carbocycles. The highest BCUT2D eigenvalue weighted by molar-refractivity contribution is 6.11. The molecule has 1 heterocycles. The van der Waals surface area contributed by atoms with Crippen LogP contribution in [0.1, 0.15) is 113 Å². The monoisotopic (exact) mass is 1800 g/mol. The minimum absolute atomic E-state index is 0.260. The Hall–Kier alpha value is -15.6. The van der Waals surface area contributed by atoms with E-state index in [1.165, 1.54) is 250 Å². The van der Waals surface area contributed by atoms with Gasteiger partial charge in [-0.15, -0.1) is 0 Å². The molecule has 0 N–H and O–H groups in total. The summed E-state index contributed by atoms with van der Waals surface area (Å²) < 4.78 is 2.37. The minimum Gasteiger partial charge on any atom is -0.366 e. The predicted octanol–water partition coefficient (Wildman–Crippen LogP) is 37.1. The van der Waals surface area contributed by atoms with Crippen molar-refractivity contribution in [2.45, 2.75) is 119 Å². The Morgan fingerprint density at radius 2 is 0.486 bits per heavy atom. The first kappa shape index (κ1) is 87.2. The fourth-order valence-corrected chi connectivity index (χ4v) is 25.4. The van der Waals surface area contributed by atoms with Gasteiger partial charge >= 0.3 is 0 Å². The highest BCUT2D eigenvalue weighted by Gasteiger charge is 2.54. The van der Waals surface area contributed by atoms with Crippen molar-refractivity contribution in [3.63, 3.8) is 0 Å². The highest BCUT2D eigenvalue weighted by atomic mass is 15.2. The van der Waals surface area contributed by atoms with Gasteiger partial charge < -0.3 is 19.3 Å². The number of aromatic nitrogens is 1. The number of hydrogen-bond acceptors (Lipinski definition) is 3. The van der Waals surface area contributed by atoms with Crippen molar-refractivity contribution in [1.29, 1.82) is 0 Å². The Morgan fingerprint density at radius 1 is 0.207 bits per heavy atom. The SMILES string of the molecule is c1ccc(-c2cc3ccccc3cc2-c2ccc(N(C3CCC(c4ccccc4)CC3)C3CCC(c4ccccc4)CC3)cc2)cc1.c1ccc(-c2cc3ccccc3cc2-c2ccc(N(c3ccccc3)C34CC5CC(CC(C5)C3)C4)cc2)cc1.c1ccc(-c2ccc(N(c3ccc(-c4cc5ccccc5cc4-c4ccccc4)cc3)c3ccc4c(c3)c3ccccc3n4-c3ccccc3)cc2)cc1. The summed E-state index contributed by atoms with van der Waals surface area (Å²) in [5.41, 5.74) is 31.8. The van der Waals surface area contributed by atoms with Gasteiger partial charge in [-0.2, -0.15) is 0 Å². The highest BCUT2D eigenvalue weighted by Crippen LogP contribution is 2.61. The molecule has 0 spiro atoms. The minimum atomic E-state index is 0.260. The van der Waals surface area contributed by atoms with Crippen LogP contribution in [0.3, 0.4) is 0 Å². The van der Waals surface area contributed by atoms with E-state index in [-0.39, 0.29) is 5.54 Å². The molecule has 20 aromatic carbocycles. The summed E-state index contributed by atoms with van der Waals surface area (Å²) in [6, 6.07) is 182. The van der Waals surface area contributed by atoms with Crippen LogP contribution in [0, 0.1) is 17.8 Å². The van der Waals surface area contributed by atoms with Gasteiger partial charge in [0.2, 0.25) is 0 Å². The molecule has 140 heavy (non-hydrogen) atoms. The lowest BCUT2D eigenvalue weighted by Crippen LogP contribution is -2.58. The van der Waals surface area contributed by atoms with E-state index >= 15 is 0 Å². The average Bonchev–Trinajstić information content (AvgIpc) is 0.860. The van der Waals surface area contributed by atoms with Crippen LogP contribution in [0.5, 0.6) is 0 Å². The topological polar surface area (TPSA) is 14.7 Å². The molecule has 6 fully saturated rings. The quantitative estimate of drug-likeness (QED) is 0.0802. The van der Waals surface area contributed by atoms with Crippen molar-refractivity contribution in [1.82, 2.24) is 4.57 Å². The molecule has 0 atom stereocenters. The van der Waals surface area contributed by atoms with Gasteiger partial charge in [0.15, 0.2) is 0 Å². The number of rotatable bonds is 19. The third-order valence-electron chi connectivity index (χ3n) is 31.6. The van der Waals surface area contributed by atoms with Crippen LogP contribution in [0.25, 0.3) is 138 Å². The van der Waals surface area contributed by atoms with Crippen molar-refractivity contribution >= 4 is 88.2 Å². The molecule has 4 heteroatoms. The summed E-state index contributed by atoms with van der Waals surface area (Å²) in [5.74, 6) is 4.11. The Bertz CT molecular complexity index is 7750. The van der Waals surface area contributed by atoms with Gasteiger partial charge in [-0.05, 0) is 374 Å². The molecule has 21 aromatic rings. The van der Waals surface area contributed by atoms with E-state index in [9.17, 15) is 0 Å². The summed E-state index contributed by atoms with van der Waals surface area (Å²) in [7, 11) is 0. The summed E-state index contributed by atoms with van der Waals surface area (Å²) in [6.07, 6.45) is 18.6. The number of hydrogen-bond donors (Lipinski definition) is 0. The van der Waals surface area contributed by atoms with Gasteiger partial charge in [-0.3, -0.25) is 0 Å². The first-order chi connectivity index (χ1) is 69.3. The van der Waals surface area contributed by atoms with Crippen molar-refractivity contribution in [3.8, 4) is 83.6 Å². The van der Waals surface area contributed by atoms with Crippen LogP contribution < -0.4 is 14.7 Å². The van der Waals surface area contributed by atoms with E-state index in [0.29, 0.717) is 23.9 Å². The maximum Gasteiger partial charge on any atom is 0.0542 e. The fourth-order valence-electron chi connectivity index (χ4n) is 25.4. The smallest absolute Gasteiger partial charge is 0.0542 e. The summed E-state index contributed by atoms with van der Waals surface area (Å²) in [6.45, 7) is 0. The van der Waals surface area contributed by atoms with Crippen molar-refractivity contribution in [3.05, 3.63) is 503 Å². The van der Waals surface area contributed by atoms with E-state index in [1.54, 1.807) is 0 Å². The zero-order valence-electron chi connectivity index (χ0n) is 79.5. The first-order valence-corrected chi connectivity index (χ1v) is 51.2. The maximum absolute atomic E-state index is 2.88. The van der Waals surface area contributed by atoms with E-state index < -0.39 is 0 Å². The van der Waals surface area contributed by atoms with Crippen molar-refractivity contribution in [2.75, 3.05) is 14.7 Å². The molecule has 4 bridgehead atoms. The second-order valence-electron chi connectivity index (χ2n) is 40.2. The number of anilines is 6. The van der Waals surface area contributed by atoms with Crippen molar-refractivity contribution in [2.24, 2.45) is 17.8 Å². The van der Waals surface area contributed by atoms with Crippen LogP contribution in [-0.2, 0) is 0 Å². The molecule has 4 nitrogen and oxygen atoms in total. The zero-order valence-corrected chi connectivity index (χ0v) is 79.5. The average molecular weight is 1810 g/mol. The lowest BCUT2D eigenvalue weighted by molar-refractivity contribution is 0.000554. The Labute approximate surface area is 824 Å². The molecule has 0 saturated heterocycles. The van der Waals surface area contributed by atoms with Crippen LogP contribution in [0.4, 0.5) is 34.1 Å². The van der Waals surface area contributed by atoms with E-state index in [4.69, 9.17) is 0 Å². The molecule has 680 valence electrons. The summed E-state index contributed by atoms with van der Waals surface area (Å²) in [4.78, 5) is 8.01. The van der Waals surface area contributed by atoms with Gasteiger partial charge in [0, 0.05) is 68.2 Å². The molecular weight excluding hydrogens is 1690 g/mol. The van der Waals surface area contributed by atoms with Crippen LogP contribution in [-0.4, -0.2) is 22.2 Å². The lowest BCUT2D eigenvalue weighted by atomic mass is 9.52. The van der Waals surface area contributed by atoms with Crippen LogP contribution in [0.2, 0.25) is 0 Å². The lowest BCUT2D eigenvalue weighted by Gasteiger charge is -2.61. The molecule has 0 radical (unpaired) electrons. The molecule has 0 aliphatic heterocycles. The van der Waals surface area contributed by atoms with Gasteiger partial charge in [0.25, 0.3) is 0 Å². The second-order valence-corrected chi connectivity index (χ2v) is 40.2. The standard InChI is InChI=1S/C52H36N2.C46H45N.C38H35N/c1-4-14-37(15-5-1)38-24-28-44(29-25-38)53(46-32-33-52-50(36-46)47-22-12-13-23-51(47)54(52)43-20-8-3-9-21-43)45-30-26-40(27-31-45)49-35-42-19-11-10-18-41(42)34-48(49)39-16-6-2-7-17-39;1-4-12-34(13-5-1)36-20-26-42(27-21-36)47(43-28-22-37(23-29-43)35-14-6-2-7-15-35)44-30-24-39(25-31-44)46-33-41-19-11-10-18-40(41)32-45(46)38-16-8-3-9-17-38;1-3-9-30(10-4-1)36-22-32-11-7-8-12-33(32)23-37(36)31-15-17-35(18-16-31)39(34-13-5-2-6-14-34)38-24-27-19-28(25-38)21-29(20-27)26-38/h1-36H;1-19,24-25,30-33,36-37,42-43H,20-23,26-29H2;1-18,22-23,27-29H,19-21,24-26H2. The number of para-hydroxylation sites is 3.